The van der Waals surface area contributed by atoms with Crippen LogP contribution in [0.5, 0.6) is 0 Å². The molecule has 2 aliphatic rings. The van der Waals surface area contributed by atoms with E-state index < -0.39 is 0 Å². The summed E-state index contributed by atoms with van der Waals surface area (Å²) < 4.78 is 2.39. The Hall–Kier alpha value is -0.480. The van der Waals surface area contributed by atoms with E-state index in [0.29, 0.717) is 6.04 Å². The molecule has 94 valence electrons. The number of rotatable bonds is 3. The molecule has 2 saturated heterocycles. The van der Waals surface area contributed by atoms with Gasteiger partial charge in [0.2, 0.25) is 0 Å². The maximum absolute atomic E-state index is 4.36. The lowest BCUT2D eigenvalue weighted by Crippen LogP contribution is -2.29. The van der Waals surface area contributed by atoms with Crippen molar-refractivity contribution in [1.82, 2.24) is 14.9 Å². The fourth-order valence-corrected chi connectivity index (χ4v) is 4.16. The highest BCUT2D eigenvalue weighted by atomic mass is 32.2. The minimum Gasteiger partial charge on any atom is -0.333 e. The van der Waals surface area contributed by atoms with Gasteiger partial charge in [0.25, 0.3) is 0 Å². The fourth-order valence-electron chi connectivity index (χ4n) is 2.88. The minimum atomic E-state index is 0.542. The van der Waals surface area contributed by atoms with Crippen LogP contribution in [0.2, 0.25) is 0 Å². The number of piperidine rings is 1. The standard InChI is InChI=1S/C13H21N3S/c1-2-5-15-12(3-1)13-7-14-10-16(13)8-11-4-6-17-9-11/h7,10-12,15H,1-6,8-9H2. The van der Waals surface area contributed by atoms with Crippen molar-refractivity contribution in [2.24, 2.45) is 5.92 Å². The van der Waals surface area contributed by atoms with Crippen LogP contribution in [0.1, 0.15) is 37.4 Å². The minimum absolute atomic E-state index is 0.542. The van der Waals surface area contributed by atoms with Gasteiger partial charge in [-0.15, -0.1) is 0 Å². The van der Waals surface area contributed by atoms with Crippen LogP contribution in [0.25, 0.3) is 0 Å². The SMILES string of the molecule is c1ncn(CC2CCSC2)c1C1CCCCN1. The molecule has 0 aliphatic carbocycles. The number of nitrogens with zero attached hydrogens (tertiary/aromatic N) is 2. The van der Waals surface area contributed by atoms with Crippen LogP contribution in [0.15, 0.2) is 12.5 Å². The number of nitrogens with one attached hydrogen (secondary N) is 1. The Morgan fingerprint density at radius 2 is 2.41 bits per heavy atom. The van der Waals surface area contributed by atoms with Gasteiger partial charge in [-0.3, -0.25) is 0 Å². The summed E-state index contributed by atoms with van der Waals surface area (Å²) >= 11 is 2.10. The predicted molar refractivity (Wildman–Crippen MR) is 72.3 cm³/mol. The molecule has 2 fully saturated rings. The van der Waals surface area contributed by atoms with Gasteiger partial charge in [-0.2, -0.15) is 11.8 Å². The van der Waals surface area contributed by atoms with Gasteiger partial charge in [0.1, 0.15) is 0 Å². The molecule has 1 aromatic rings. The van der Waals surface area contributed by atoms with Crippen molar-refractivity contribution in [2.45, 2.75) is 38.3 Å². The van der Waals surface area contributed by atoms with Gasteiger partial charge in [-0.25, -0.2) is 4.98 Å². The second-order valence-electron chi connectivity index (χ2n) is 5.20. The van der Waals surface area contributed by atoms with E-state index in [2.05, 4.69) is 32.8 Å². The van der Waals surface area contributed by atoms with Crippen LogP contribution in [0.3, 0.4) is 0 Å². The predicted octanol–water partition coefficient (Wildman–Crippen LogP) is 2.45. The van der Waals surface area contributed by atoms with Crippen molar-refractivity contribution in [3.8, 4) is 0 Å². The Morgan fingerprint density at radius 1 is 1.41 bits per heavy atom. The van der Waals surface area contributed by atoms with Crippen LogP contribution in [0.4, 0.5) is 0 Å². The Bertz CT molecular complexity index is 351. The molecular formula is C13H21N3S. The summed E-state index contributed by atoms with van der Waals surface area (Å²) in [5, 5.41) is 3.62. The van der Waals surface area contributed by atoms with Gasteiger partial charge < -0.3 is 9.88 Å². The molecule has 17 heavy (non-hydrogen) atoms. The lowest BCUT2D eigenvalue weighted by atomic mass is 10.0. The molecular weight excluding hydrogens is 230 g/mol. The smallest absolute Gasteiger partial charge is 0.0948 e. The summed E-state index contributed by atoms with van der Waals surface area (Å²) in [7, 11) is 0. The quantitative estimate of drug-likeness (QED) is 0.895. The van der Waals surface area contributed by atoms with Gasteiger partial charge >= 0.3 is 0 Å². The molecule has 0 bridgehead atoms. The fraction of sp³-hybridized carbons (Fsp3) is 0.769. The highest BCUT2D eigenvalue weighted by Crippen LogP contribution is 2.27. The van der Waals surface area contributed by atoms with E-state index in [1.54, 1.807) is 0 Å². The third-order valence-corrected chi connectivity index (χ3v) is 5.12. The van der Waals surface area contributed by atoms with Crippen LogP contribution < -0.4 is 5.32 Å². The number of hydrogen-bond acceptors (Lipinski definition) is 3. The lowest BCUT2D eigenvalue weighted by Gasteiger charge is -2.25. The number of imidazole rings is 1. The molecule has 1 aromatic heterocycles. The highest BCUT2D eigenvalue weighted by molar-refractivity contribution is 7.99. The molecule has 0 aromatic carbocycles. The maximum Gasteiger partial charge on any atom is 0.0948 e. The first kappa shape index (κ1) is 11.6. The van der Waals surface area contributed by atoms with Crippen molar-refractivity contribution in [3.63, 3.8) is 0 Å². The van der Waals surface area contributed by atoms with Crippen molar-refractivity contribution >= 4 is 11.8 Å². The van der Waals surface area contributed by atoms with E-state index in [9.17, 15) is 0 Å². The van der Waals surface area contributed by atoms with Crippen LogP contribution in [-0.2, 0) is 6.54 Å². The van der Waals surface area contributed by atoms with Crippen molar-refractivity contribution in [1.29, 1.82) is 0 Å². The molecule has 2 unspecified atom stereocenters. The average molecular weight is 251 g/mol. The van der Waals surface area contributed by atoms with Crippen molar-refractivity contribution in [2.75, 3.05) is 18.1 Å². The zero-order valence-corrected chi connectivity index (χ0v) is 11.1. The molecule has 1 N–H and O–H groups in total. The number of thioether (sulfide) groups is 1. The van der Waals surface area contributed by atoms with Gasteiger partial charge in [0, 0.05) is 18.8 Å². The zero-order chi connectivity index (χ0) is 11.5. The number of aromatic nitrogens is 2. The molecule has 0 saturated carbocycles. The molecule has 2 atom stereocenters. The van der Waals surface area contributed by atoms with Gasteiger partial charge in [0.15, 0.2) is 0 Å². The first-order valence-electron chi connectivity index (χ1n) is 6.74. The Morgan fingerprint density at radius 3 is 3.18 bits per heavy atom. The van der Waals surface area contributed by atoms with E-state index in [-0.39, 0.29) is 0 Å². The summed E-state index contributed by atoms with van der Waals surface area (Å²) in [6.45, 7) is 2.33. The summed E-state index contributed by atoms with van der Waals surface area (Å²) in [6, 6.07) is 0.542. The van der Waals surface area contributed by atoms with Gasteiger partial charge in [-0.1, -0.05) is 6.42 Å². The van der Waals surface area contributed by atoms with Crippen LogP contribution in [-0.4, -0.2) is 27.6 Å². The Labute approximate surface area is 107 Å². The summed E-state index contributed by atoms with van der Waals surface area (Å²) in [6.07, 6.45) is 9.40. The normalized spacial score (nSPS) is 29.6. The molecule has 2 aliphatic heterocycles. The second-order valence-corrected chi connectivity index (χ2v) is 6.35. The van der Waals surface area contributed by atoms with Gasteiger partial charge in [-0.05, 0) is 43.2 Å². The van der Waals surface area contributed by atoms with E-state index in [0.717, 1.165) is 12.5 Å². The molecule has 0 radical (unpaired) electrons. The van der Waals surface area contributed by atoms with Crippen LogP contribution in [0, 0.1) is 5.92 Å². The van der Waals surface area contributed by atoms with Crippen molar-refractivity contribution in [3.05, 3.63) is 18.2 Å². The first-order chi connectivity index (χ1) is 8.43. The monoisotopic (exact) mass is 251 g/mol. The second kappa shape index (κ2) is 5.44. The lowest BCUT2D eigenvalue weighted by molar-refractivity contribution is 0.381. The summed E-state index contributed by atoms with van der Waals surface area (Å²) in [4.78, 5) is 4.36. The third-order valence-electron chi connectivity index (χ3n) is 3.89. The maximum atomic E-state index is 4.36. The Kier molecular flexibility index (Phi) is 3.71. The zero-order valence-electron chi connectivity index (χ0n) is 10.3. The molecule has 4 heteroatoms. The average Bonchev–Trinajstić information content (AvgIpc) is 3.02. The van der Waals surface area contributed by atoms with E-state index in [1.165, 1.54) is 49.4 Å². The topological polar surface area (TPSA) is 29.9 Å². The van der Waals surface area contributed by atoms with E-state index >= 15 is 0 Å². The summed E-state index contributed by atoms with van der Waals surface area (Å²) in [5.41, 5.74) is 1.40. The molecule has 3 nitrogen and oxygen atoms in total. The molecule has 3 rings (SSSR count). The largest absolute Gasteiger partial charge is 0.333 e. The highest BCUT2D eigenvalue weighted by Gasteiger charge is 2.21. The molecule has 3 heterocycles. The van der Waals surface area contributed by atoms with Gasteiger partial charge in [0.05, 0.1) is 12.0 Å². The van der Waals surface area contributed by atoms with Crippen molar-refractivity contribution < 1.29 is 0 Å². The van der Waals surface area contributed by atoms with Crippen LogP contribution >= 0.6 is 11.8 Å². The van der Waals surface area contributed by atoms with E-state index in [4.69, 9.17) is 0 Å². The first-order valence-corrected chi connectivity index (χ1v) is 7.90. The summed E-state index contributed by atoms with van der Waals surface area (Å²) in [5.74, 6) is 3.53. The molecule has 0 amide bonds. The third kappa shape index (κ3) is 2.68. The number of hydrogen-bond donors (Lipinski definition) is 1. The Balaban J connectivity index is 1.69. The molecule has 0 spiro atoms. The van der Waals surface area contributed by atoms with E-state index in [1.807, 2.05) is 6.33 Å².